The molecule has 1 saturated heterocycles. The van der Waals surface area contributed by atoms with Crippen LogP contribution in [-0.2, 0) is 16.0 Å². The molecule has 0 radical (unpaired) electrons. The lowest BCUT2D eigenvalue weighted by molar-refractivity contribution is -0.159. The molecule has 1 aromatic carbocycles. The second kappa shape index (κ2) is 10.4. The quantitative estimate of drug-likeness (QED) is 0.485. The van der Waals surface area contributed by atoms with Crippen molar-refractivity contribution in [2.75, 3.05) is 37.6 Å². The zero-order valence-electron chi connectivity index (χ0n) is 21.8. The molecule has 1 aliphatic heterocycles. The van der Waals surface area contributed by atoms with Gasteiger partial charge in [0, 0.05) is 57.7 Å². The molecule has 34 heavy (non-hydrogen) atoms. The molecule has 5 heteroatoms. The van der Waals surface area contributed by atoms with Crippen molar-refractivity contribution < 1.29 is 14.6 Å². The predicted octanol–water partition coefficient (Wildman–Crippen LogP) is 4.68. The van der Waals surface area contributed by atoms with Crippen LogP contribution in [0.25, 0.3) is 0 Å². The van der Waals surface area contributed by atoms with E-state index in [2.05, 4.69) is 67.8 Å². The first-order valence-corrected chi connectivity index (χ1v) is 13.4. The topological polar surface area (TPSA) is 53.0 Å². The first-order chi connectivity index (χ1) is 16.2. The molecule has 1 heterocycles. The molecule has 0 amide bonds. The van der Waals surface area contributed by atoms with E-state index in [9.17, 15) is 9.90 Å². The van der Waals surface area contributed by atoms with Crippen LogP contribution in [0.5, 0.6) is 0 Å². The molecule has 6 atom stereocenters. The molecule has 0 aromatic heterocycles. The summed E-state index contributed by atoms with van der Waals surface area (Å²) in [5.74, 6) is 1.04. The summed E-state index contributed by atoms with van der Waals surface area (Å²) >= 11 is 0. The number of anilines is 1. The summed E-state index contributed by atoms with van der Waals surface area (Å²) in [5.41, 5.74) is 3.14. The molecule has 5 nitrogen and oxygen atoms in total. The van der Waals surface area contributed by atoms with Crippen molar-refractivity contribution in [1.29, 1.82) is 0 Å². The summed E-state index contributed by atoms with van der Waals surface area (Å²) in [6.45, 7) is 15.7. The van der Waals surface area contributed by atoms with Gasteiger partial charge in [-0.15, -0.1) is 0 Å². The molecule has 1 N–H and O–H groups in total. The summed E-state index contributed by atoms with van der Waals surface area (Å²) in [6.07, 6.45) is 5.73. The van der Waals surface area contributed by atoms with E-state index in [1.54, 1.807) is 0 Å². The molecule has 1 aromatic rings. The number of aryl methyl sites for hydroxylation is 1. The van der Waals surface area contributed by atoms with E-state index in [1.165, 1.54) is 18.2 Å². The van der Waals surface area contributed by atoms with E-state index < -0.39 is 5.60 Å². The van der Waals surface area contributed by atoms with Crippen LogP contribution in [0.2, 0.25) is 0 Å². The van der Waals surface area contributed by atoms with Crippen LogP contribution in [0, 0.1) is 23.7 Å². The monoisotopic (exact) mass is 468 g/mol. The zero-order chi connectivity index (χ0) is 24.5. The zero-order valence-corrected chi connectivity index (χ0v) is 21.8. The molecule has 0 bridgehead atoms. The molecular weight excluding hydrogens is 424 g/mol. The summed E-state index contributed by atoms with van der Waals surface area (Å²) in [7, 11) is 0. The number of fused-ring (bicyclic) bond motifs is 1. The average molecular weight is 469 g/mol. The van der Waals surface area contributed by atoms with E-state index in [0.29, 0.717) is 18.3 Å². The fourth-order valence-electron chi connectivity index (χ4n) is 6.83. The number of para-hydroxylation sites is 1. The van der Waals surface area contributed by atoms with E-state index in [0.717, 1.165) is 57.6 Å². The number of hydrogen-bond acceptors (Lipinski definition) is 5. The minimum Gasteiger partial charge on any atom is -0.458 e. The average Bonchev–Trinajstić information content (AvgIpc) is 2.81. The molecule has 0 spiro atoms. The van der Waals surface area contributed by atoms with Gasteiger partial charge in [-0.25, -0.2) is 0 Å². The highest BCUT2D eigenvalue weighted by Crippen LogP contribution is 2.51. The molecule has 2 aliphatic carbocycles. The lowest BCUT2D eigenvalue weighted by Gasteiger charge is -2.53. The van der Waals surface area contributed by atoms with Crippen molar-refractivity contribution in [3.63, 3.8) is 0 Å². The molecule has 2 fully saturated rings. The number of ether oxygens (including phenoxy) is 1. The Hall–Kier alpha value is -1.85. The Balaban J connectivity index is 1.41. The van der Waals surface area contributed by atoms with Crippen molar-refractivity contribution in [3.05, 3.63) is 41.5 Å². The van der Waals surface area contributed by atoms with Crippen molar-refractivity contribution >= 4 is 11.7 Å². The minimum atomic E-state index is -0.792. The van der Waals surface area contributed by atoms with E-state index in [4.69, 9.17) is 4.74 Å². The van der Waals surface area contributed by atoms with Gasteiger partial charge in [-0.2, -0.15) is 0 Å². The molecule has 1 saturated carbocycles. The molecule has 1 unspecified atom stereocenters. The van der Waals surface area contributed by atoms with Crippen LogP contribution < -0.4 is 4.90 Å². The second-order valence-corrected chi connectivity index (χ2v) is 11.1. The minimum absolute atomic E-state index is 0.135. The van der Waals surface area contributed by atoms with E-state index in [-0.39, 0.29) is 23.9 Å². The Morgan fingerprint density at radius 3 is 2.59 bits per heavy atom. The third kappa shape index (κ3) is 5.06. The maximum Gasteiger partial charge on any atom is 0.303 e. The third-order valence-corrected chi connectivity index (χ3v) is 8.96. The number of benzene rings is 1. The van der Waals surface area contributed by atoms with E-state index >= 15 is 0 Å². The van der Waals surface area contributed by atoms with Gasteiger partial charge in [-0.3, -0.25) is 9.69 Å². The maximum atomic E-state index is 11.8. The lowest BCUT2D eigenvalue weighted by Crippen LogP contribution is -2.56. The van der Waals surface area contributed by atoms with Crippen LogP contribution in [0.1, 0.15) is 59.4 Å². The van der Waals surface area contributed by atoms with Gasteiger partial charge in [0.2, 0.25) is 0 Å². The highest BCUT2D eigenvalue weighted by molar-refractivity contribution is 5.66. The summed E-state index contributed by atoms with van der Waals surface area (Å²) in [5, 5.41) is 11.8. The van der Waals surface area contributed by atoms with Gasteiger partial charge in [0.05, 0.1) is 5.60 Å². The fourth-order valence-corrected chi connectivity index (χ4v) is 6.83. The molecule has 3 aliphatic rings. The van der Waals surface area contributed by atoms with Gasteiger partial charge >= 0.3 is 5.97 Å². The Morgan fingerprint density at radius 1 is 1.21 bits per heavy atom. The molecule has 188 valence electrons. The van der Waals surface area contributed by atoms with Crippen molar-refractivity contribution in [2.24, 2.45) is 23.7 Å². The van der Waals surface area contributed by atoms with Crippen LogP contribution >= 0.6 is 0 Å². The van der Waals surface area contributed by atoms with Crippen molar-refractivity contribution in [1.82, 2.24) is 4.90 Å². The molecular formula is C29H44N2O3. The number of nitrogens with zero attached hydrogens (tertiary/aromatic N) is 2. The number of hydrogen-bond donors (Lipinski definition) is 1. The Labute approximate surface area is 206 Å². The normalized spacial score (nSPS) is 33.1. The third-order valence-electron chi connectivity index (χ3n) is 8.96. The Morgan fingerprint density at radius 2 is 1.91 bits per heavy atom. The van der Waals surface area contributed by atoms with Crippen LogP contribution in [0.15, 0.2) is 35.9 Å². The number of carbonyl (C=O) groups excluding carboxylic acids is 1. The summed E-state index contributed by atoms with van der Waals surface area (Å²) in [4.78, 5) is 16.8. The molecule has 4 rings (SSSR count). The highest BCUT2D eigenvalue weighted by Gasteiger charge is 2.52. The maximum absolute atomic E-state index is 11.8. The fraction of sp³-hybridized carbons (Fsp3) is 0.690. The first-order valence-electron chi connectivity index (χ1n) is 13.4. The number of aliphatic hydroxyl groups is 1. The Bertz CT molecular complexity index is 891. The lowest BCUT2D eigenvalue weighted by atomic mass is 9.57. The van der Waals surface area contributed by atoms with Gasteiger partial charge in [0.15, 0.2) is 0 Å². The van der Waals surface area contributed by atoms with Crippen LogP contribution in [0.3, 0.4) is 0 Å². The number of carbonyl (C=O) groups is 1. The smallest absolute Gasteiger partial charge is 0.303 e. The van der Waals surface area contributed by atoms with Gasteiger partial charge < -0.3 is 14.7 Å². The van der Waals surface area contributed by atoms with Crippen LogP contribution in [0.4, 0.5) is 5.69 Å². The number of esters is 1. The van der Waals surface area contributed by atoms with Crippen molar-refractivity contribution in [2.45, 2.75) is 72.0 Å². The van der Waals surface area contributed by atoms with Crippen LogP contribution in [-0.4, -0.2) is 60.4 Å². The standard InChI is InChI=1S/C29H44N2O3/c1-6-24-9-7-8-10-27(24)31-15-13-30(14-16-31)19-21(3)25-12-11-22(4)29(33)18-28(34-23(5)32)20(2)17-26(25)29/h7-10,17,21-22,25-26,28,33H,6,11-16,18-19H2,1-5H3/t21?,22-,25+,26-,28-,29-/m1/s1. The largest absolute Gasteiger partial charge is 0.458 e. The van der Waals surface area contributed by atoms with Crippen molar-refractivity contribution in [3.8, 4) is 0 Å². The van der Waals surface area contributed by atoms with Gasteiger partial charge in [-0.05, 0) is 61.1 Å². The van der Waals surface area contributed by atoms with Gasteiger partial charge in [0.25, 0.3) is 0 Å². The van der Waals surface area contributed by atoms with Gasteiger partial charge in [0.1, 0.15) is 6.10 Å². The second-order valence-electron chi connectivity index (χ2n) is 11.1. The van der Waals surface area contributed by atoms with E-state index in [1.807, 2.05) is 0 Å². The first kappa shape index (κ1) is 25.2. The highest BCUT2D eigenvalue weighted by atomic mass is 16.5. The summed E-state index contributed by atoms with van der Waals surface area (Å²) in [6, 6.07) is 8.81. The predicted molar refractivity (Wildman–Crippen MR) is 138 cm³/mol. The number of piperazine rings is 1. The SMILES string of the molecule is CCc1ccccc1N1CCN(CC(C)[C@@H]2CC[C@@H](C)[C@]3(O)C[C@@H](OC(C)=O)C(C)=C[C@H]23)CC1. The Kier molecular flexibility index (Phi) is 7.73. The number of rotatable bonds is 6. The summed E-state index contributed by atoms with van der Waals surface area (Å²) < 4.78 is 5.57. The van der Waals surface area contributed by atoms with Gasteiger partial charge in [-0.1, -0.05) is 45.0 Å².